The van der Waals surface area contributed by atoms with Gasteiger partial charge in [0.25, 0.3) is 0 Å². The molecule has 31 heavy (non-hydrogen) atoms. The van der Waals surface area contributed by atoms with E-state index in [2.05, 4.69) is 10.6 Å². The molecule has 11 heteroatoms. The van der Waals surface area contributed by atoms with Crippen molar-refractivity contribution in [3.63, 3.8) is 0 Å². The highest BCUT2D eigenvalue weighted by atomic mass is 35.5. The molecule has 2 aromatic carbocycles. The van der Waals surface area contributed by atoms with Crippen molar-refractivity contribution in [3.05, 3.63) is 41.4 Å². The maximum Gasteiger partial charge on any atom is 0.246 e. The van der Waals surface area contributed by atoms with Gasteiger partial charge in [-0.3, -0.25) is 4.79 Å². The standard InChI is InChI=1S/C20H24ClN3O6S/c1-28-17-7-6-14(12-18(17)31(26,27)24-8-10-30-11-9-24)23-19(25)13-22-16-5-3-4-15(21)20(16)29-2/h3-7,12,22H,8-11,13H2,1-2H3,(H,23,25). The molecule has 3 rings (SSSR count). The topological polar surface area (TPSA) is 106 Å². The van der Waals surface area contributed by atoms with E-state index in [9.17, 15) is 13.2 Å². The molecular formula is C20H24ClN3O6S. The number of methoxy groups -OCH3 is 2. The fraction of sp³-hybridized carbons (Fsp3) is 0.350. The molecule has 168 valence electrons. The Bertz CT molecular complexity index is 1040. The predicted molar refractivity (Wildman–Crippen MR) is 118 cm³/mol. The molecule has 0 atom stereocenters. The van der Waals surface area contributed by atoms with Gasteiger partial charge >= 0.3 is 0 Å². The summed E-state index contributed by atoms with van der Waals surface area (Å²) in [6.45, 7) is 1.10. The SMILES string of the molecule is COc1ccc(NC(=O)CNc2cccc(Cl)c2OC)cc1S(=O)(=O)N1CCOCC1. The van der Waals surface area contributed by atoms with Gasteiger partial charge in [-0.15, -0.1) is 0 Å². The van der Waals surface area contributed by atoms with Gasteiger partial charge in [0, 0.05) is 18.8 Å². The highest BCUT2D eigenvalue weighted by molar-refractivity contribution is 7.89. The minimum atomic E-state index is -3.80. The number of nitrogens with zero attached hydrogens (tertiary/aromatic N) is 1. The number of carbonyl (C=O) groups is 1. The van der Waals surface area contributed by atoms with Crippen molar-refractivity contribution < 1.29 is 27.4 Å². The highest BCUT2D eigenvalue weighted by Gasteiger charge is 2.29. The summed E-state index contributed by atoms with van der Waals surface area (Å²) >= 11 is 6.08. The van der Waals surface area contributed by atoms with E-state index >= 15 is 0 Å². The number of anilines is 2. The second kappa shape index (κ2) is 10.2. The van der Waals surface area contributed by atoms with Gasteiger partial charge < -0.3 is 24.8 Å². The zero-order chi connectivity index (χ0) is 22.4. The molecule has 1 aliphatic rings. The first-order valence-corrected chi connectivity index (χ1v) is 11.3. The first kappa shape index (κ1) is 23.1. The van der Waals surface area contributed by atoms with E-state index in [1.807, 2.05) is 0 Å². The molecule has 2 aromatic rings. The van der Waals surface area contributed by atoms with Crippen molar-refractivity contribution in [1.29, 1.82) is 0 Å². The van der Waals surface area contributed by atoms with E-state index in [0.717, 1.165) is 0 Å². The number of carbonyl (C=O) groups excluding carboxylic acids is 1. The third-order valence-corrected chi connectivity index (χ3v) is 6.86. The quantitative estimate of drug-likeness (QED) is 0.611. The fourth-order valence-electron chi connectivity index (χ4n) is 3.12. The minimum Gasteiger partial charge on any atom is -0.495 e. The van der Waals surface area contributed by atoms with E-state index in [-0.39, 0.29) is 36.2 Å². The number of morpholine rings is 1. The van der Waals surface area contributed by atoms with E-state index in [1.165, 1.54) is 30.7 Å². The van der Waals surface area contributed by atoms with Gasteiger partial charge in [0.05, 0.1) is 44.7 Å². The monoisotopic (exact) mass is 469 g/mol. The fourth-order valence-corrected chi connectivity index (χ4v) is 4.96. The Balaban J connectivity index is 1.74. The Morgan fingerprint density at radius 1 is 1.16 bits per heavy atom. The minimum absolute atomic E-state index is 0.0147. The summed E-state index contributed by atoms with van der Waals surface area (Å²) < 4.78 is 43.2. The number of sulfonamides is 1. The summed E-state index contributed by atoms with van der Waals surface area (Å²) in [6.07, 6.45) is 0. The molecule has 9 nitrogen and oxygen atoms in total. The Morgan fingerprint density at radius 2 is 1.90 bits per heavy atom. The van der Waals surface area contributed by atoms with Gasteiger partial charge in [0.2, 0.25) is 15.9 Å². The molecule has 1 amide bonds. The third-order valence-electron chi connectivity index (χ3n) is 4.65. The summed E-state index contributed by atoms with van der Waals surface area (Å²) in [5.74, 6) is 0.258. The molecule has 1 heterocycles. The van der Waals surface area contributed by atoms with Crippen LogP contribution in [0.1, 0.15) is 0 Å². The average molecular weight is 470 g/mol. The van der Waals surface area contributed by atoms with Crippen molar-refractivity contribution in [3.8, 4) is 11.5 Å². The molecule has 1 fully saturated rings. The molecule has 2 N–H and O–H groups in total. The first-order chi connectivity index (χ1) is 14.9. The number of hydrogen-bond acceptors (Lipinski definition) is 7. The van der Waals surface area contributed by atoms with Crippen molar-refractivity contribution >= 4 is 38.9 Å². The van der Waals surface area contributed by atoms with Crippen LogP contribution in [0.4, 0.5) is 11.4 Å². The van der Waals surface area contributed by atoms with Gasteiger partial charge in [-0.1, -0.05) is 17.7 Å². The second-order valence-electron chi connectivity index (χ2n) is 6.60. The first-order valence-electron chi connectivity index (χ1n) is 9.49. The Kier molecular flexibility index (Phi) is 7.60. The third kappa shape index (κ3) is 5.40. The lowest BCUT2D eigenvalue weighted by Gasteiger charge is -2.26. The largest absolute Gasteiger partial charge is 0.495 e. The average Bonchev–Trinajstić information content (AvgIpc) is 2.78. The van der Waals surface area contributed by atoms with Crippen LogP contribution in [0, 0.1) is 0 Å². The zero-order valence-corrected chi connectivity index (χ0v) is 18.8. The highest BCUT2D eigenvalue weighted by Crippen LogP contribution is 2.32. The van der Waals surface area contributed by atoms with Gasteiger partial charge in [-0.25, -0.2) is 8.42 Å². The maximum atomic E-state index is 13.1. The summed E-state index contributed by atoms with van der Waals surface area (Å²) in [5, 5.41) is 6.07. The van der Waals surface area contributed by atoms with Gasteiger partial charge in [0.1, 0.15) is 10.6 Å². The van der Waals surface area contributed by atoms with Gasteiger partial charge in [-0.2, -0.15) is 4.31 Å². The number of hydrogen-bond donors (Lipinski definition) is 2. The molecule has 0 spiro atoms. The Morgan fingerprint density at radius 3 is 2.58 bits per heavy atom. The molecule has 0 unspecified atom stereocenters. The number of rotatable bonds is 8. The molecule has 1 aliphatic heterocycles. The number of halogens is 1. The molecule has 0 bridgehead atoms. The lowest BCUT2D eigenvalue weighted by molar-refractivity contribution is -0.114. The van der Waals surface area contributed by atoms with Crippen LogP contribution in [0.15, 0.2) is 41.3 Å². The smallest absolute Gasteiger partial charge is 0.246 e. The van der Waals surface area contributed by atoms with Crippen molar-refractivity contribution in [2.75, 3.05) is 57.7 Å². The summed E-state index contributed by atoms with van der Waals surface area (Å²) in [5.41, 5.74) is 0.896. The number of para-hydroxylation sites is 1. The van der Waals surface area contributed by atoms with Crippen LogP contribution in [0.3, 0.4) is 0 Å². The maximum absolute atomic E-state index is 13.1. The van der Waals surface area contributed by atoms with E-state index in [0.29, 0.717) is 35.4 Å². The lowest BCUT2D eigenvalue weighted by Crippen LogP contribution is -2.40. The van der Waals surface area contributed by atoms with Crippen LogP contribution >= 0.6 is 11.6 Å². The molecule has 0 saturated carbocycles. The molecule has 0 aliphatic carbocycles. The predicted octanol–water partition coefficient (Wildman–Crippen LogP) is 2.43. The van der Waals surface area contributed by atoms with E-state index in [4.69, 9.17) is 25.8 Å². The van der Waals surface area contributed by atoms with Gasteiger partial charge in [0.15, 0.2) is 5.75 Å². The number of benzene rings is 2. The van der Waals surface area contributed by atoms with Crippen molar-refractivity contribution in [1.82, 2.24) is 4.31 Å². The van der Waals surface area contributed by atoms with Crippen LogP contribution in [0.5, 0.6) is 11.5 Å². The summed E-state index contributed by atoms with van der Waals surface area (Å²) in [7, 11) is -0.919. The van der Waals surface area contributed by atoms with E-state index in [1.54, 1.807) is 24.3 Å². The van der Waals surface area contributed by atoms with Crippen LogP contribution in [0.25, 0.3) is 0 Å². The summed E-state index contributed by atoms with van der Waals surface area (Å²) in [6, 6.07) is 9.63. The lowest BCUT2D eigenvalue weighted by atomic mass is 10.2. The molecule has 1 saturated heterocycles. The van der Waals surface area contributed by atoms with Crippen molar-refractivity contribution in [2.24, 2.45) is 0 Å². The number of ether oxygens (including phenoxy) is 3. The normalized spacial score (nSPS) is 14.7. The second-order valence-corrected chi connectivity index (χ2v) is 8.92. The Hall–Kier alpha value is -2.53. The van der Waals surface area contributed by atoms with Crippen LogP contribution in [0.2, 0.25) is 5.02 Å². The van der Waals surface area contributed by atoms with Gasteiger partial charge in [-0.05, 0) is 30.3 Å². The molecular weight excluding hydrogens is 446 g/mol. The molecule has 0 aromatic heterocycles. The summed E-state index contributed by atoms with van der Waals surface area (Å²) in [4.78, 5) is 12.4. The molecule has 0 radical (unpaired) electrons. The number of amides is 1. The van der Waals surface area contributed by atoms with Crippen molar-refractivity contribution in [2.45, 2.75) is 4.90 Å². The number of nitrogens with one attached hydrogen (secondary N) is 2. The van der Waals surface area contributed by atoms with Crippen LogP contribution in [-0.2, 0) is 19.6 Å². The Labute approximate surface area is 186 Å². The van der Waals surface area contributed by atoms with E-state index < -0.39 is 10.0 Å². The zero-order valence-electron chi connectivity index (χ0n) is 17.2. The van der Waals surface area contributed by atoms with Crippen LogP contribution in [-0.4, -0.2) is 65.7 Å². The van der Waals surface area contributed by atoms with Crippen LogP contribution < -0.4 is 20.1 Å².